The number of piperidine rings is 1. The highest BCUT2D eigenvalue weighted by Gasteiger charge is 2.38. The molecule has 140 valence electrons. The van der Waals surface area contributed by atoms with E-state index in [2.05, 4.69) is 26.2 Å². The number of aromatic nitrogens is 3. The summed E-state index contributed by atoms with van der Waals surface area (Å²) in [6.07, 6.45) is 7.61. The fourth-order valence-electron chi connectivity index (χ4n) is 3.90. The summed E-state index contributed by atoms with van der Waals surface area (Å²) in [5.74, 6) is 1.60. The van der Waals surface area contributed by atoms with E-state index in [-0.39, 0.29) is 11.5 Å². The first-order valence-electron chi connectivity index (χ1n) is 9.51. The van der Waals surface area contributed by atoms with Gasteiger partial charge in [0.25, 0.3) is 0 Å². The van der Waals surface area contributed by atoms with Gasteiger partial charge in [-0.2, -0.15) is 0 Å². The zero-order valence-electron chi connectivity index (χ0n) is 15.9. The maximum atomic E-state index is 10.4. The number of anilines is 1. The lowest BCUT2D eigenvalue weighted by Gasteiger charge is -2.44. The molecule has 2 aliphatic heterocycles. The average Bonchev–Trinajstić information content (AvgIpc) is 2.99. The second-order valence-corrected chi connectivity index (χ2v) is 8.11. The molecule has 1 spiro atoms. The molecule has 3 heterocycles. The average molecular weight is 348 g/mol. The third kappa shape index (κ3) is 3.75. The molecule has 0 bridgehead atoms. The summed E-state index contributed by atoms with van der Waals surface area (Å²) < 4.78 is 8.23. The van der Waals surface area contributed by atoms with Gasteiger partial charge in [0.15, 0.2) is 0 Å². The third-order valence-corrected chi connectivity index (χ3v) is 5.91. The second kappa shape index (κ2) is 7.08. The van der Waals surface area contributed by atoms with E-state index >= 15 is 0 Å². The van der Waals surface area contributed by atoms with Crippen molar-refractivity contribution in [2.75, 3.05) is 24.6 Å². The molecule has 0 saturated carbocycles. The number of ether oxygens (including phenoxy) is 1. The predicted molar refractivity (Wildman–Crippen MR) is 98.9 cm³/mol. The minimum atomic E-state index is -0.842. The number of nitrogens with zero attached hydrogens (tertiary/aromatic N) is 4. The Morgan fingerprint density at radius 2 is 2.00 bits per heavy atom. The summed E-state index contributed by atoms with van der Waals surface area (Å²) in [7, 11) is 0. The Labute approximate surface area is 150 Å². The number of allylic oxidation sites excluding steroid dienone is 1. The van der Waals surface area contributed by atoms with Crippen LogP contribution >= 0.6 is 0 Å². The van der Waals surface area contributed by atoms with Crippen molar-refractivity contribution in [1.29, 1.82) is 0 Å². The summed E-state index contributed by atoms with van der Waals surface area (Å²) >= 11 is 0. The van der Waals surface area contributed by atoms with E-state index in [1.807, 2.05) is 26.8 Å². The van der Waals surface area contributed by atoms with Crippen molar-refractivity contribution in [3.8, 4) is 0 Å². The molecule has 6 heteroatoms. The largest absolute Gasteiger partial charge is 0.390 e. The standard InChI is InChI=1S/C19H32N4O2/c1-5-11-23-16(15(2)18(3,4)24)20-21-17(23)22-12-9-19(10-13-22)8-6-7-14-25-19/h5,15,24H,1,6-14H2,2-4H3. The van der Waals surface area contributed by atoms with Crippen molar-refractivity contribution in [2.24, 2.45) is 0 Å². The van der Waals surface area contributed by atoms with Gasteiger partial charge < -0.3 is 14.7 Å². The van der Waals surface area contributed by atoms with Crippen molar-refractivity contribution in [2.45, 2.75) is 76.5 Å². The van der Waals surface area contributed by atoms with Gasteiger partial charge in [-0.05, 0) is 46.0 Å². The molecule has 2 saturated heterocycles. The molecule has 3 rings (SSSR count). The minimum Gasteiger partial charge on any atom is -0.390 e. The highest BCUT2D eigenvalue weighted by atomic mass is 16.5. The van der Waals surface area contributed by atoms with Crippen molar-refractivity contribution in [3.63, 3.8) is 0 Å². The van der Waals surface area contributed by atoms with E-state index in [9.17, 15) is 5.11 Å². The second-order valence-electron chi connectivity index (χ2n) is 8.11. The summed E-state index contributed by atoms with van der Waals surface area (Å²) in [5, 5.41) is 19.3. The van der Waals surface area contributed by atoms with Crippen LogP contribution in [0.25, 0.3) is 0 Å². The summed E-state index contributed by atoms with van der Waals surface area (Å²) in [6, 6.07) is 0. The van der Waals surface area contributed by atoms with E-state index in [1.54, 1.807) is 0 Å². The van der Waals surface area contributed by atoms with Crippen LogP contribution in [-0.4, -0.2) is 50.8 Å². The fourth-order valence-corrected chi connectivity index (χ4v) is 3.90. The van der Waals surface area contributed by atoms with Crippen LogP contribution in [0, 0.1) is 0 Å². The normalized spacial score (nSPS) is 22.2. The first kappa shape index (κ1) is 18.4. The van der Waals surface area contributed by atoms with Gasteiger partial charge in [-0.3, -0.25) is 4.57 Å². The van der Waals surface area contributed by atoms with Gasteiger partial charge in [0, 0.05) is 32.2 Å². The lowest BCUT2D eigenvalue weighted by Crippen LogP contribution is -2.48. The Bertz CT molecular complexity index is 589. The Kier molecular flexibility index (Phi) is 5.21. The van der Waals surface area contributed by atoms with Crippen molar-refractivity contribution in [1.82, 2.24) is 14.8 Å². The fraction of sp³-hybridized carbons (Fsp3) is 0.789. The van der Waals surface area contributed by atoms with Gasteiger partial charge in [-0.1, -0.05) is 13.0 Å². The Morgan fingerprint density at radius 1 is 1.28 bits per heavy atom. The Morgan fingerprint density at radius 3 is 2.56 bits per heavy atom. The van der Waals surface area contributed by atoms with Crippen LogP contribution in [0.4, 0.5) is 5.95 Å². The van der Waals surface area contributed by atoms with Crippen molar-refractivity contribution >= 4 is 5.95 Å². The van der Waals surface area contributed by atoms with Gasteiger partial charge in [0.1, 0.15) is 5.82 Å². The van der Waals surface area contributed by atoms with E-state index in [0.29, 0.717) is 6.54 Å². The molecule has 1 aromatic rings. The maximum absolute atomic E-state index is 10.4. The third-order valence-electron chi connectivity index (χ3n) is 5.91. The molecule has 0 radical (unpaired) electrons. The molecule has 1 unspecified atom stereocenters. The molecule has 0 aliphatic carbocycles. The smallest absolute Gasteiger partial charge is 0.227 e. The van der Waals surface area contributed by atoms with Gasteiger partial charge in [0.05, 0.1) is 11.2 Å². The van der Waals surface area contributed by atoms with E-state index in [0.717, 1.165) is 44.3 Å². The highest BCUT2D eigenvalue weighted by Crippen LogP contribution is 2.36. The Balaban J connectivity index is 1.78. The maximum Gasteiger partial charge on any atom is 0.227 e. The first-order valence-corrected chi connectivity index (χ1v) is 9.51. The number of hydrogen-bond donors (Lipinski definition) is 1. The van der Waals surface area contributed by atoms with Crippen LogP contribution in [0.3, 0.4) is 0 Å². The Hall–Kier alpha value is -1.40. The van der Waals surface area contributed by atoms with Crippen molar-refractivity contribution in [3.05, 3.63) is 18.5 Å². The predicted octanol–water partition coefficient (Wildman–Crippen LogP) is 2.88. The molecule has 0 amide bonds. The van der Waals surface area contributed by atoms with E-state index < -0.39 is 5.60 Å². The zero-order valence-corrected chi connectivity index (χ0v) is 15.9. The molecular weight excluding hydrogens is 316 g/mol. The van der Waals surface area contributed by atoms with Crippen LogP contribution in [0.2, 0.25) is 0 Å². The van der Waals surface area contributed by atoms with Crippen LogP contribution in [0.1, 0.15) is 64.6 Å². The molecule has 1 aromatic heterocycles. The molecular formula is C19H32N4O2. The molecule has 6 nitrogen and oxygen atoms in total. The number of hydrogen-bond acceptors (Lipinski definition) is 5. The van der Waals surface area contributed by atoms with E-state index in [4.69, 9.17) is 4.74 Å². The quantitative estimate of drug-likeness (QED) is 0.829. The van der Waals surface area contributed by atoms with Crippen molar-refractivity contribution < 1.29 is 9.84 Å². The van der Waals surface area contributed by atoms with Crippen LogP contribution < -0.4 is 4.90 Å². The molecule has 1 N–H and O–H groups in total. The molecule has 25 heavy (non-hydrogen) atoms. The molecule has 2 aliphatic rings. The lowest BCUT2D eigenvalue weighted by atomic mass is 9.84. The topological polar surface area (TPSA) is 63.4 Å². The zero-order chi connectivity index (χ0) is 18.1. The SMILES string of the molecule is C=CCn1c(C(C)C(C)(C)O)nnc1N1CCC2(CCCCO2)CC1. The van der Waals surface area contributed by atoms with E-state index in [1.165, 1.54) is 19.3 Å². The van der Waals surface area contributed by atoms with Gasteiger partial charge in [0.2, 0.25) is 5.95 Å². The van der Waals surface area contributed by atoms with Crippen LogP contribution in [0.15, 0.2) is 12.7 Å². The summed E-state index contributed by atoms with van der Waals surface area (Å²) in [4.78, 5) is 2.31. The molecule has 2 fully saturated rings. The monoisotopic (exact) mass is 348 g/mol. The first-order chi connectivity index (χ1) is 11.9. The number of aliphatic hydroxyl groups is 1. The van der Waals surface area contributed by atoms with Gasteiger partial charge in [-0.25, -0.2) is 0 Å². The van der Waals surface area contributed by atoms with Crippen LogP contribution in [-0.2, 0) is 11.3 Å². The van der Waals surface area contributed by atoms with Gasteiger partial charge in [-0.15, -0.1) is 16.8 Å². The molecule has 1 atom stereocenters. The minimum absolute atomic E-state index is 0.0846. The summed E-state index contributed by atoms with van der Waals surface area (Å²) in [5.41, 5.74) is -0.758. The van der Waals surface area contributed by atoms with Gasteiger partial charge >= 0.3 is 0 Å². The highest BCUT2D eigenvalue weighted by molar-refractivity contribution is 5.34. The van der Waals surface area contributed by atoms with Crippen LogP contribution in [0.5, 0.6) is 0 Å². The molecule has 0 aromatic carbocycles. The summed E-state index contributed by atoms with van der Waals surface area (Å²) in [6.45, 7) is 12.9. The lowest BCUT2D eigenvalue weighted by molar-refractivity contribution is -0.0922. The number of rotatable bonds is 5.